The molecule has 18 nitrogen and oxygen atoms in total. The first-order valence-electron chi connectivity index (χ1n) is 28.5. The standard InChI is InChI=1S/C68H70N8O9.H3N/c1-13-41-31(3)47-23-49-33(5)43(15-19-63(77)78)57(71-49)29-59-45(17-21-65(81)82)35(7)51(73-59)27-61-67(37(9)53(75-61)25-55(41)69-47)39(11)85-40(12)68-38(10)54-26-56-42(14-2)32(4)48(70-56)24-50-34(6)44(16-20-64(79)80)58(72-50)30-60-46(18-22-66(83)84)36(8)52(74-60)28-62(68)76-54;/h13-14,23-30,39-40,69-71,76H,1-2,15-22H2,3-12H3,(H,77,78)(H,79,80)(H,81,82)(H,83,84);1H3/p+1. The number of H-pyrrole nitrogens is 4. The third-order valence-corrected chi connectivity index (χ3v) is 17.3. The van der Waals surface area contributed by atoms with E-state index in [1.807, 2.05) is 117 Å². The molecule has 0 amide bonds. The number of rotatable bonds is 18. The minimum absolute atomic E-state index is 0. The second-order valence-electron chi connectivity index (χ2n) is 22.5. The van der Waals surface area contributed by atoms with Gasteiger partial charge in [-0.1, -0.05) is 25.3 Å². The Hall–Kier alpha value is -9.52. The molecular weight excluding hydrogens is 1090 g/mol. The normalized spacial score (nSPS) is 14.0. The fourth-order valence-electron chi connectivity index (χ4n) is 12.5. The molecular formula is C68H74N9O9+. The number of hydrogen-bond acceptors (Lipinski definition) is 9. The number of fused-ring (bicyclic) bond motifs is 16. The fourth-order valence-corrected chi connectivity index (χ4v) is 12.5. The molecule has 2 unspecified atom stereocenters. The molecule has 444 valence electrons. The van der Waals surface area contributed by atoms with E-state index in [4.69, 9.17) is 24.7 Å². The molecule has 0 spiro atoms. The summed E-state index contributed by atoms with van der Waals surface area (Å²) in [4.78, 5) is 83.6. The van der Waals surface area contributed by atoms with Crippen LogP contribution in [0.1, 0.15) is 183 Å². The molecule has 4 aliphatic rings. The van der Waals surface area contributed by atoms with Gasteiger partial charge in [-0.05, 0) is 210 Å². The zero-order valence-corrected chi connectivity index (χ0v) is 50.6. The zero-order valence-electron chi connectivity index (χ0n) is 50.6. The number of carboxylic acid groups (broad SMARTS) is 4. The van der Waals surface area contributed by atoms with E-state index in [0.29, 0.717) is 51.1 Å². The molecule has 2 atom stereocenters. The predicted octanol–water partition coefficient (Wildman–Crippen LogP) is 15.3. The highest BCUT2D eigenvalue weighted by Crippen LogP contribution is 2.43. The van der Waals surface area contributed by atoms with Crippen LogP contribution in [0.4, 0.5) is 0 Å². The van der Waals surface area contributed by atoms with Crippen molar-refractivity contribution >= 4 is 125 Å². The zero-order chi connectivity index (χ0) is 61.0. The fraction of sp³-hybridized carbons (Fsp3) is 0.294. The van der Waals surface area contributed by atoms with E-state index in [-0.39, 0.29) is 57.5 Å². The number of aryl methyl sites for hydroxylation is 5. The number of hydrogen-bond donors (Lipinski definition) is 9. The molecule has 16 bridgehead atoms. The van der Waals surface area contributed by atoms with Crippen LogP contribution in [0.5, 0.6) is 0 Å². The highest BCUT2D eigenvalue weighted by Gasteiger charge is 2.29. The lowest BCUT2D eigenvalue weighted by molar-refractivity contribution is -0.137. The number of aliphatic carboxylic acids is 4. The van der Waals surface area contributed by atoms with Gasteiger partial charge in [-0.25, -0.2) is 19.9 Å². The third kappa shape index (κ3) is 11.6. The topological polar surface area (TPSA) is 310 Å². The Morgan fingerprint density at radius 2 is 0.779 bits per heavy atom. The summed E-state index contributed by atoms with van der Waals surface area (Å²) < 4.78 is 7.27. The molecule has 0 radical (unpaired) electrons. The molecule has 18 heteroatoms. The summed E-state index contributed by atoms with van der Waals surface area (Å²) in [7, 11) is 0. The van der Waals surface area contributed by atoms with E-state index in [0.717, 1.165) is 128 Å². The van der Waals surface area contributed by atoms with Gasteiger partial charge in [-0.15, -0.1) is 0 Å². The highest BCUT2D eigenvalue weighted by atomic mass is 16.5. The predicted molar refractivity (Wildman–Crippen MR) is 343 cm³/mol. The van der Waals surface area contributed by atoms with Crippen LogP contribution in [-0.4, -0.2) is 90.3 Å². The van der Waals surface area contributed by atoms with Crippen molar-refractivity contribution in [3.05, 3.63) is 152 Å². The van der Waals surface area contributed by atoms with E-state index in [9.17, 15) is 39.6 Å². The first-order chi connectivity index (χ1) is 40.4. The van der Waals surface area contributed by atoms with Gasteiger partial charge in [0.2, 0.25) is 0 Å². The number of allylic oxidation sites excluding steroid dienone is 7. The minimum atomic E-state index is -0.950. The van der Waals surface area contributed by atoms with E-state index in [2.05, 4.69) is 46.1 Å². The van der Waals surface area contributed by atoms with Crippen molar-refractivity contribution in [3.8, 4) is 0 Å². The van der Waals surface area contributed by atoms with E-state index >= 15 is 0 Å². The number of nitrogens with zero attached hydrogens (tertiary/aromatic N) is 4. The number of ether oxygens (including phenoxy) is 1. The van der Waals surface area contributed by atoms with Crippen LogP contribution in [-0.2, 0) is 30.3 Å². The molecule has 0 saturated carbocycles. The molecule has 0 aliphatic carbocycles. The van der Waals surface area contributed by atoms with E-state index in [1.54, 1.807) is 0 Å². The second kappa shape index (κ2) is 24.2. The number of carboxylic acids is 4. The molecule has 0 fully saturated rings. The Balaban J connectivity index is 0.00000884. The average Bonchev–Trinajstić information content (AvgIpc) is 3.51. The summed E-state index contributed by atoms with van der Waals surface area (Å²) in [6.45, 7) is 28.3. The molecule has 10 heterocycles. The Labute approximate surface area is 497 Å². The van der Waals surface area contributed by atoms with Gasteiger partial charge < -0.3 is 51.2 Å². The molecule has 6 aromatic heterocycles. The Morgan fingerprint density at radius 1 is 0.430 bits per heavy atom. The van der Waals surface area contributed by atoms with Crippen LogP contribution in [0.2, 0.25) is 0 Å². The lowest BCUT2D eigenvalue weighted by atomic mass is 9.98. The molecule has 0 aromatic carbocycles. The summed E-state index contributed by atoms with van der Waals surface area (Å²) in [5.41, 5.74) is 24.7. The maximum absolute atomic E-state index is 12.1. The molecule has 12 N–H and O–H groups in total. The van der Waals surface area contributed by atoms with Crippen LogP contribution in [0, 0.1) is 27.7 Å². The summed E-state index contributed by atoms with van der Waals surface area (Å²) in [5.74, 6) is -3.76. The molecule has 10 rings (SSSR count). The van der Waals surface area contributed by atoms with Crippen molar-refractivity contribution in [2.75, 3.05) is 0 Å². The quantitative estimate of drug-likeness (QED) is 0.0387. The van der Waals surface area contributed by atoms with Gasteiger partial charge in [0.15, 0.2) is 0 Å². The van der Waals surface area contributed by atoms with Crippen LogP contribution in [0.15, 0.2) is 61.7 Å². The van der Waals surface area contributed by atoms with Crippen LogP contribution < -0.4 is 6.15 Å². The number of aromatic amines is 4. The first-order valence-corrected chi connectivity index (χ1v) is 28.5. The van der Waals surface area contributed by atoms with Crippen molar-refractivity contribution in [2.24, 2.45) is 0 Å². The van der Waals surface area contributed by atoms with Crippen molar-refractivity contribution in [2.45, 2.75) is 133 Å². The van der Waals surface area contributed by atoms with Gasteiger partial charge in [-0.2, -0.15) is 0 Å². The summed E-state index contributed by atoms with van der Waals surface area (Å²) in [6, 6.07) is 15.7. The summed E-state index contributed by atoms with van der Waals surface area (Å²) in [6.07, 6.45) is 2.92. The SMILES string of the molecule is C=Cc1c(C)c2cc3[nH]c(cc4nc(cc5nc(cc1[nH]2)C(C)=C5C(C)OC(C)c1c(C)c2cc5[nH]c(cc6nc(cc7nc(cc1[nH]2)C(C)=C7CCC(=O)O)C(CCC(=O)O)=C6C)c(C)c5C=C)C(C)=C4CCC(=O)O)c(CCC(=O)O)c3C.[NH4+]. The van der Waals surface area contributed by atoms with E-state index < -0.39 is 36.1 Å². The van der Waals surface area contributed by atoms with Gasteiger partial charge >= 0.3 is 23.9 Å². The van der Waals surface area contributed by atoms with Crippen molar-refractivity contribution < 1.29 is 44.3 Å². The number of carbonyl (C=O) groups is 4. The monoisotopic (exact) mass is 1160 g/mol. The molecule has 4 aliphatic heterocycles. The van der Waals surface area contributed by atoms with Gasteiger partial charge in [0, 0.05) is 92.1 Å². The average molecular weight is 1160 g/mol. The van der Waals surface area contributed by atoms with Gasteiger partial charge in [0.25, 0.3) is 0 Å². The smallest absolute Gasteiger partial charge is 0.303 e. The number of aromatic nitrogens is 8. The Morgan fingerprint density at radius 3 is 1.29 bits per heavy atom. The lowest BCUT2D eigenvalue weighted by Crippen LogP contribution is -2.14. The van der Waals surface area contributed by atoms with Crippen LogP contribution in [0.3, 0.4) is 0 Å². The molecule has 86 heavy (non-hydrogen) atoms. The van der Waals surface area contributed by atoms with Crippen molar-refractivity contribution in [1.29, 1.82) is 0 Å². The van der Waals surface area contributed by atoms with Gasteiger partial charge in [0.1, 0.15) is 0 Å². The minimum Gasteiger partial charge on any atom is -0.481 e. The third-order valence-electron chi connectivity index (χ3n) is 17.3. The molecule has 0 saturated heterocycles. The maximum Gasteiger partial charge on any atom is 0.303 e. The first kappa shape index (κ1) is 61.1. The van der Waals surface area contributed by atoms with E-state index in [1.165, 1.54) is 0 Å². The summed E-state index contributed by atoms with van der Waals surface area (Å²) >= 11 is 0. The Kier molecular flexibility index (Phi) is 17.2. The van der Waals surface area contributed by atoms with Crippen LogP contribution >= 0.6 is 0 Å². The van der Waals surface area contributed by atoms with Gasteiger partial charge in [0.05, 0.1) is 57.8 Å². The lowest BCUT2D eigenvalue weighted by Gasteiger charge is -2.22. The van der Waals surface area contributed by atoms with Gasteiger partial charge in [-0.3, -0.25) is 19.2 Å². The largest absolute Gasteiger partial charge is 0.481 e. The highest BCUT2D eigenvalue weighted by molar-refractivity contribution is 5.99. The number of nitrogens with one attached hydrogen (secondary N) is 4. The number of quaternary nitrogens is 1. The Bertz CT molecular complexity index is 4420. The second-order valence-corrected chi connectivity index (χ2v) is 22.5. The summed E-state index contributed by atoms with van der Waals surface area (Å²) in [5, 5.41) is 39.5. The van der Waals surface area contributed by atoms with Crippen molar-refractivity contribution in [1.82, 2.24) is 46.0 Å². The van der Waals surface area contributed by atoms with Crippen LogP contribution in [0.25, 0.3) is 101 Å². The van der Waals surface area contributed by atoms with Crippen molar-refractivity contribution in [3.63, 3.8) is 0 Å². The maximum atomic E-state index is 12.1. The molecule has 6 aromatic rings.